The van der Waals surface area contributed by atoms with Crippen molar-refractivity contribution < 1.29 is 8.94 Å². The third-order valence-corrected chi connectivity index (χ3v) is 5.93. The molecular weight excluding hydrogens is 428 g/mol. The van der Waals surface area contributed by atoms with Crippen LogP contribution in [0.4, 0.5) is 0 Å². The topological polar surface area (TPSA) is 77.3 Å². The van der Waals surface area contributed by atoms with Crippen molar-refractivity contribution in [2.75, 3.05) is 14.1 Å². The maximum atomic E-state index is 13.2. The lowest BCUT2D eigenvalue weighted by Crippen LogP contribution is -2.20. The number of aromatic nitrogens is 3. The summed E-state index contributed by atoms with van der Waals surface area (Å²) in [4.78, 5) is 20.1. The number of hydrogen-bond acceptors (Lipinski definition) is 6. The minimum Gasteiger partial charge on any atom is -0.406 e. The van der Waals surface area contributed by atoms with Crippen LogP contribution in [0.15, 0.2) is 62.3 Å². The van der Waals surface area contributed by atoms with Crippen molar-refractivity contribution in [3.8, 4) is 23.5 Å². The van der Waals surface area contributed by atoms with Crippen molar-refractivity contribution in [1.82, 2.24) is 19.6 Å². The molecule has 0 radical (unpaired) electrons. The highest BCUT2D eigenvalue weighted by atomic mass is 16.5. The van der Waals surface area contributed by atoms with Crippen LogP contribution in [0.2, 0.25) is 0 Å². The average Bonchev–Trinajstić information content (AvgIpc) is 3.33. The van der Waals surface area contributed by atoms with Crippen molar-refractivity contribution in [2.24, 2.45) is 0 Å². The highest BCUT2D eigenvalue weighted by Gasteiger charge is 2.24. The summed E-state index contributed by atoms with van der Waals surface area (Å²) in [5.41, 5.74) is 6.03. The second kappa shape index (κ2) is 8.32. The van der Waals surface area contributed by atoms with Crippen molar-refractivity contribution >= 4 is 22.0 Å². The molecule has 170 valence electrons. The van der Waals surface area contributed by atoms with Gasteiger partial charge in [0.15, 0.2) is 5.58 Å². The van der Waals surface area contributed by atoms with Crippen molar-refractivity contribution in [3.63, 3.8) is 0 Å². The molecule has 7 heteroatoms. The summed E-state index contributed by atoms with van der Waals surface area (Å²) in [6, 6.07) is 14.9. The maximum absolute atomic E-state index is 13.2. The van der Waals surface area contributed by atoms with E-state index in [1.54, 1.807) is 4.57 Å². The van der Waals surface area contributed by atoms with Crippen LogP contribution in [0.3, 0.4) is 0 Å². The molecule has 0 N–H and O–H groups in total. The number of benzene rings is 2. The van der Waals surface area contributed by atoms with E-state index in [2.05, 4.69) is 11.1 Å². The van der Waals surface area contributed by atoms with E-state index in [0.717, 1.165) is 39.0 Å². The SMILES string of the molecule is C#CC(c1ccccc1)n1c(=O)oc2c(CN(C)C)nc3cc(-c4c(C)noc4C)ccc3c21. The summed E-state index contributed by atoms with van der Waals surface area (Å²) in [6.07, 6.45) is 5.95. The molecule has 0 aliphatic rings. The molecule has 0 bridgehead atoms. The molecule has 1 atom stereocenters. The summed E-state index contributed by atoms with van der Waals surface area (Å²) in [7, 11) is 3.89. The Morgan fingerprint density at radius 1 is 1.15 bits per heavy atom. The van der Waals surface area contributed by atoms with Gasteiger partial charge in [0, 0.05) is 17.5 Å². The molecule has 3 heterocycles. The Morgan fingerprint density at radius 2 is 1.91 bits per heavy atom. The number of nitrogens with zero attached hydrogens (tertiary/aromatic N) is 4. The van der Waals surface area contributed by atoms with Crippen molar-refractivity contribution in [2.45, 2.75) is 26.4 Å². The van der Waals surface area contributed by atoms with Gasteiger partial charge in [-0.2, -0.15) is 0 Å². The smallest absolute Gasteiger partial charge is 0.406 e. The number of rotatable bonds is 5. The van der Waals surface area contributed by atoms with Crippen molar-refractivity contribution in [3.05, 3.63) is 81.8 Å². The molecule has 1 unspecified atom stereocenters. The minimum absolute atomic E-state index is 0.451. The maximum Gasteiger partial charge on any atom is 0.421 e. The first-order valence-corrected chi connectivity index (χ1v) is 11.0. The van der Waals surface area contributed by atoms with Gasteiger partial charge in [-0.3, -0.25) is 4.57 Å². The monoisotopic (exact) mass is 452 g/mol. The quantitative estimate of drug-likeness (QED) is 0.360. The highest BCUT2D eigenvalue weighted by Crippen LogP contribution is 2.34. The Bertz CT molecular complexity index is 1600. The minimum atomic E-state index is -0.616. The van der Waals surface area contributed by atoms with Gasteiger partial charge < -0.3 is 13.8 Å². The molecule has 0 saturated heterocycles. The molecule has 0 saturated carbocycles. The second-order valence-corrected chi connectivity index (χ2v) is 8.62. The van der Waals surface area contributed by atoms with Crippen LogP contribution in [0.5, 0.6) is 0 Å². The van der Waals surface area contributed by atoms with Gasteiger partial charge >= 0.3 is 5.76 Å². The Hall–Kier alpha value is -4.15. The fraction of sp³-hybridized carbons (Fsp3) is 0.222. The fourth-order valence-electron chi connectivity index (χ4n) is 4.50. The Kier molecular flexibility index (Phi) is 5.31. The van der Waals surface area contributed by atoms with E-state index in [0.29, 0.717) is 23.3 Å². The third kappa shape index (κ3) is 3.49. The number of hydrogen-bond donors (Lipinski definition) is 0. The summed E-state index contributed by atoms with van der Waals surface area (Å²) in [5.74, 6) is 3.01. The van der Waals surface area contributed by atoms with Crippen LogP contribution in [0.25, 0.3) is 33.1 Å². The van der Waals surface area contributed by atoms with Gasteiger partial charge in [0.05, 0.1) is 11.2 Å². The van der Waals surface area contributed by atoms with Gasteiger partial charge in [0.1, 0.15) is 23.0 Å². The molecule has 5 aromatic rings. The van der Waals surface area contributed by atoms with E-state index in [1.807, 2.05) is 81.4 Å². The third-order valence-electron chi connectivity index (χ3n) is 5.93. The average molecular weight is 453 g/mol. The molecule has 0 fully saturated rings. The molecular formula is C27H24N4O3. The van der Waals surface area contributed by atoms with E-state index >= 15 is 0 Å². The van der Waals surface area contributed by atoms with Gasteiger partial charge in [-0.25, -0.2) is 9.78 Å². The Labute approximate surface area is 196 Å². The molecule has 7 nitrogen and oxygen atoms in total. The number of aryl methyl sites for hydroxylation is 2. The zero-order chi connectivity index (χ0) is 24.0. The van der Waals surface area contributed by atoms with Crippen LogP contribution >= 0.6 is 0 Å². The number of fused-ring (bicyclic) bond motifs is 3. The predicted octanol–water partition coefficient (Wildman–Crippen LogP) is 4.70. The van der Waals surface area contributed by atoms with Gasteiger partial charge in [-0.1, -0.05) is 47.5 Å². The number of pyridine rings is 1. The molecule has 3 aromatic heterocycles. The zero-order valence-corrected chi connectivity index (χ0v) is 19.5. The molecule has 0 amide bonds. The van der Waals surface area contributed by atoms with Gasteiger partial charge in [0.25, 0.3) is 0 Å². The first-order chi connectivity index (χ1) is 16.4. The summed E-state index contributed by atoms with van der Waals surface area (Å²) < 4.78 is 12.7. The van der Waals surface area contributed by atoms with E-state index in [4.69, 9.17) is 20.3 Å². The van der Waals surface area contributed by atoms with Crippen LogP contribution in [-0.2, 0) is 6.54 Å². The summed E-state index contributed by atoms with van der Waals surface area (Å²) in [5, 5.41) is 4.87. The highest BCUT2D eigenvalue weighted by molar-refractivity contribution is 6.04. The fourth-order valence-corrected chi connectivity index (χ4v) is 4.50. The Morgan fingerprint density at radius 3 is 2.56 bits per heavy atom. The largest absolute Gasteiger partial charge is 0.421 e. The summed E-state index contributed by atoms with van der Waals surface area (Å²) in [6.45, 7) is 4.30. The number of terminal acetylenes is 1. The zero-order valence-electron chi connectivity index (χ0n) is 19.5. The van der Waals surface area contributed by atoms with Crippen LogP contribution in [0, 0.1) is 26.2 Å². The lowest BCUT2D eigenvalue weighted by Gasteiger charge is -2.15. The molecule has 0 spiro atoms. The van der Waals surface area contributed by atoms with E-state index in [9.17, 15) is 4.79 Å². The van der Waals surface area contributed by atoms with E-state index in [1.165, 1.54) is 0 Å². The standard InChI is InChI=1S/C27H24N4O3/c1-6-23(18-10-8-7-9-11-18)31-25-20-13-12-19(24-16(2)29-34-17(24)3)14-21(20)28-22(15-30(4)5)26(25)33-27(31)32/h1,7-14,23H,15H2,2-5H3. The lowest BCUT2D eigenvalue weighted by atomic mass is 10.0. The molecule has 5 rings (SSSR count). The van der Waals surface area contributed by atoms with Gasteiger partial charge in [-0.15, -0.1) is 6.42 Å². The molecule has 0 aliphatic heterocycles. The Balaban J connectivity index is 1.85. The van der Waals surface area contributed by atoms with Gasteiger partial charge in [-0.05, 0) is 51.2 Å². The van der Waals surface area contributed by atoms with Crippen molar-refractivity contribution in [1.29, 1.82) is 0 Å². The first-order valence-electron chi connectivity index (χ1n) is 11.0. The van der Waals surface area contributed by atoms with Gasteiger partial charge in [0.2, 0.25) is 0 Å². The normalized spacial score (nSPS) is 12.5. The van der Waals surface area contributed by atoms with Crippen LogP contribution < -0.4 is 5.76 Å². The molecule has 2 aromatic carbocycles. The molecule has 0 aliphatic carbocycles. The van der Waals surface area contributed by atoms with Crippen LogP contribution in [0.1, 0.15) is 28.8 Å². The first kappa shape index (κ1) is 21.7. The second-order valence-electron chi connectivity index (χ2n) is 8.62. The predicted molar refractivity (Wildman–Crippen MR) is 132 cm³/mol. The number of oxazole rings is 1. The summed E-state index contributed by atoms with van der Waals surface area (Å²) >= 11 is 0. The lowest BCUT2D eigenvalue weighted by molar-refractivity contribution is 0.393. The van der Waals surface area contributed by atoms with E-state index < -0.39 is 11.8 Å². The van der Waals surface area contributed by atoms with E-state index in [-0.39, 0.29) is 0 Å². The van der Waals surface area contributed by atoms with Crippen LogP contribution in [-0.4, -0.2) is 33.7 Å². The molecule has 34 heavy (non-hydrogen) atoms.